The van der Waals surface area contributed by atoms with Gasteiger partial charge in [-0.05, 0) is 43.3 Å². The fourth-order valence-corrected chi connectivity index (χ4v) is 4.94. The number of fused-ring (bicyclic) bond motifs is 1. The number of esters is 1. The number of cyclic esters (lactones) is 1. The van der Waals surface area contributed by atoms with E-state index in [1.54, 1.807) is 7.11 Å². The van der Waals surface area contributed by atoms with E-state index in [-0.39, 0.29) is 26.9 Å². The predicted octanol–water partition coefficient (Wildman–Crippen LogP) is 2.99. The minimum absolute atomic E-state index is 0. The lowest BCUT2D eigenvalue weighted by Gasteiger charge is -2.38. The fraction of sp³-hybridized carbons (Fsp3) is 0.565. The molecule has 32 heavy (non-hydrogen) atoms. The van der Waals surface area contributed by atoms with E-state index in [2.05, 4.69) is 18.5 Å². The molecule has 0 aromatic carbocycles. The van der Waals surface area contributed by atoms with Gasteiger partial charge in [0.05, 0.1) is 31.4 Å². The molecule has 8 nitrogen and oxygen atoms in total. The predicted molar refractivity (Wildman–Crippen MR) is 126 cm³/mol. The van der Waals surface area contributed by atoms with Crippen LogP contribution in [-0.4, -0.2) is 63.1 Å². The van der Waals surface area contributed by atoms with Gasteiger partial charge in [-0.15, -0.1) is 0 Å². The van der Waals surface area contributed by atoms with Crippen LogP contribution < -0.4 is 5.32 Å². The molecule has 3 rings (SSSR count). The Labute approximate surface area is 195 Å². The van der Waals surface area contributed by atoms with Crippen LogP contribution in [0.1, 0.15) is 35.0 Å². The van der Waals surface area contributed by atoms with Crippen LogP contribution in [0, 0.1) is 5.92 Å². The Hall–Kier alpha value is -1.91. The molecule has 4 atom stereocenters. The molecule has 0 bridgehead atoms. The van der Waals surface area contributed by atoms with E-state index in [4.69, 9.17) is 22.6 Å². The Bertz CT molecular complexity index is 815. The molecule has 1 saturated carbocycles. The topological polar surface area (TPSA) is 100 Å². The lowest BCUT2D eigenvalue weighted by Crippen LogP contribution is -2.33. The summed E-state index contributed by atoms with van der Waals surface area (Å²) in [4.78, 5) is 20.2. The maximum Gasteiger partial charge on any atom is 0.335 e. The number of methoxy groups -OCH3 is 1. The third-order valence-electron chi connectivity index (χ3n) is 6.05. The molecule has 3 aliphatic rings. The van der Waals surface area contributed by atoms with Gasteiger partial charge in [-0.3, -0.25) is 8.37 Å². The SMILES string of the molecule is C=C1CCC2C(=C)[C@H](OS(=O)OC)CCC2=C1C/C=C1/C(=O)OCC1NCCOC.C=O.[HH].[HH]. The molecular formula is C23H37NO7S. The Morgan fingerprint density at radius 3 is 2.69 bits per heavy atom. The summed E-state index contributed by atoms with van der Waals surface area (Å²) in [6, 6.07) is -0.117. The maximum atomic E-state index is 12.2. The minimum atomic E-state index is -1.76. The van der Waals surface area contributed by atoms with Crippen LogP contribution in [0.2, 0.25) is 0 Å². The van der Waals surface area contributed by atoms with E-state index < -0.39 is 11.4 Å². The highest BCUT2D eigenvalue weighted by Crippen LogP contribution is 2.46. The molecule has 0 aromatic heterocycles. The van der Waals surface area contributed by atoms with Gasteiger partial charge in [0, 0.05) is 22.4 Å². The largest absolute Gasteiger partial charge is 0.460 e. The van der Waals surface area contributed by atoms with Crippen molar-refractivity contribution in [2.24, 2.45) is 5.92 Å². The van der Waals surface area contributed by atoms with Crippen molar-refractivity contribution >= 4 is 24.1 Å². The Morgan fingerprint density at radius 1 is 1.25 bits per heavy atom. The zero-order valence-corrected chi connectivity index (χ0v) is 19.7. The molecule has 2 aliphatic carbocycles. The van der Waals surface area contributed by atoms with Crippen molar-refractivity contribution in [1.82, 2.24) is 5.32 Å². The maximum absolute atomic E-state index is 12.2. The molecule has 9 heteroatoms. The molecule has 1 saturated heterocycles. The summed E-state index contributed by atoms with van der Waals surface area (Å²) in [5.41, 5.74) is 5.23. The van der Waals surface area contributed by atoms with Gasteiger partial charge in [-0.1, -0.05) is 30.4 Å². The minimum Gasteiger partial charge on any atom is -0.460 e. The summed E-state index contributed by atoms with van der Waals surface area (Å²) >= 11 is -1.76. The molecule has 0 amide bonds. The van der Waals surface area contributed by atoms with Crippen molar-refractivity contribution in [3.8, 4) is 0 Å². The number of carbonyl (C=O) groups is 2. The van der Waals surface area contributed by atoms with Crippen LogP contribution in [0.3, 0.4) is 0 Å². The van der Waals surface area contributed by atoms with Crippen LogP contribution in [0.5, 0.6) is 0 Å². The Kier molecular flexibility index (Phi) is 10.7. The highest BCUT2D eigenvalue weighted by Gasteiger charge is 2.36. The zero-order valence-electron chi connectivity index (χ0n) is 18.9. The number of hydrogen-bond acceptors (Lipinski definition) is 8. The van der Waals surface area contributed by atoms with Gasteiger partial charge in [0.25, 0.3) is 0 Å². The van der Waals surface area contributed by atoms with E-state index in [1.807, 2.05) is 12.9 Å². The lowest BCUT2D eigenvalue weighted by atomic mass is 9.69. The average molecular weight is 472 g/mol. The molecule has 0 spiro atoms. The molecule has 1 N–H and O–H groups in total. The van der Waals surface area contributed by atoms with Gasteiger partial charge in [0.1, 0.15) is 13.4 Å². The van der Waals surface area contributed by atoms with Gasteiger partial charge < -0.3 is 19.6 Å². The summed E-state index contributed by atoms with van der Waals surface area (Å²) in [6.07, 6.45) is 5.66. The van der Waals surface area contributed by atoms with Gasteiger partial charge in [0.15, 0.2) is 0 Å². The van der Waals surface area contributed by atoms with Gasteiger partial charge >= 0.3 is 17.3 Å². The second-order valence-corrected chi connectivity index (χ2v) is 8.66. The summed E-state index contributed by atoms with van der Waals surface area (Å²) in [7, 11) is 3.00. The number of allylic oxidation sites excluding steroid dienone is 4. The smallest absolute Gasteiger partial charge is 0.335 e. The molecule has 182 valence electrons. The summed E-state index contributed by atoms with van der Waals surface area (Å²) in [5.74, 6) is -0.0836. The quantitative estimate of drug-likeness (QED) is 0.237. The monoisotopic (exact) mass is 471 g/mol. The number of ether oxygens (including phenoxy) is 2. The van der Waals surface area contributed by atoms with Crippen LogP contribution in [0.25, 0.3) is 0 Å². The van der Waals surface area contributed by atoms with Crippen molar-refractivity contribution in [3.63, 3.8) is 0 Å². The van der Waals surface area contributed by atoms with Gasteiger partial charge in [-0.2, -0.15) is 4.21 Å². The van der Waals surface area contributed by atoms with Crippen molar-refractivity contribution < 1.29 is 34.5 Å². The first-order valence-corrected chi connectivity index (χ1v) is 11.6. The fourth-order valence-electron chi connectivity index (χ4n) is 4.45. The third-order valence-corrected chi connectivity index (χ3v) is 6.71. The van der Waals surface area contributed by atoms with Crippen LogP contribution in [0.15, 0.2) is 47.1 Å². The van der Waals surface area contributed by atoms with E-state index >= 15 is 0 Å². The summed E-state index contributed by atoms with van der Waals surface area (Å²) in [5, 5.41) is 3.31. The number of rotatable bonds is 9. The van der Waals surface area contributed by atoms with E-state index in [9.17, 15) is 9.00 Å². The van der Waals surface area contributed by atoms with Crippen LogP contribution in [-0.2, 0) is 38.8 Å². The van der Waals surface area contributed by atoms with E-state index in [1.165, 1.54) is 18.3 Å². The molecule has 1 aliphatic heterocycles. The first kappa shape index (κ1) is 26.3. The first-order valence-electron chi connectivity index (χ1n) is 10.6. The van der Waals surface area contributed by atoms with Crippen molar-refractivity contribution in [3.05, 3.63) is 47.1 Å². The zero-order chi connectivity index (χ0) is 23.7. The standard InChI is InChI=1S/C22H31NO6S.CH2O.2H2/c1-14-5-6-17-15(2)21(29-30(25)27-4)10-9-18(17)16(14)7-8-19-20(13-28-22(19)24)23-11-12-26-3;1-2;;/h8,17,20-21,23H,1-2,5-7,9-13H2,3-4H3;1H2;2*1H/b19-8+;;;/t17?,20?,21-,30?;;;/m1.../s1. The number of hydrogen-bond donors (Lipinski definition) is 1. The molecular weight excluding hydrogens is 434 g/mol. The molecule has 3 unspecified atom stereocenters. The lowest BCUT2D eigenvalue weighted by molar-refractivity contribution is -0.135. The molecule has 1 heterocycles. The van der Waals surface area contributed by atoms with Crippen molar-refractivity contribution in [2.45, 2.75) is 44.2 Å². The van der Waals surface area contributed by atoms with E-state index in [0.29, 0.717) is 38.2 Å². The second kappa shape index (κ2) is 13.0. The van der Waals surface area contributed by atoms with Gasteiger partial charge in [-0.25, -0.2) is 4.79 Å². The highest BCUT2D eigenvalue weighted by molar-refractivity contribution is 7.75. The second-order valence-electron chi connectivity index (χ2n) is 7.73. The third kappa shape index (κ3) is 6.32. The summed E-state index contributed by atoms with van der Waals surface area (Å²) < 4.78 is 32.2. The summed E-state index contributed by atoms with van der Waals surface area (Å²) in [6.45, 7) is 12.1. The Morgan fingerprint density at radius 2 is 2.00 bits per heavy atom. The molecule has 0 radical (unpaired) electrons. The van der Waals surface area contributed by atoms with Crippen LogP contribution in [0.4, 0.5) is 0 Å². The Balaban J connectivity index is 0.00000265. The van der Waals surface area contributed by atoms with Crippen molar-refractivity contribution in [1.29, 1.82) is 0 Å². The molecule has 2 fully saturated rings. The van der Waals surface area contributed by atoms with Crippen LogP contribution >= 0.6 is 0 Å². The molecule has 0 aromatic rings. The first-order chi connectivity index (χ1) is 15.5. The van der Waals surface area contributed by atoms with Gasteiger partial charge in [0.2, 0.25) is 0 Å². The average Bonchev–Trinajstić information content (AvgIpc) is 3.15. The number of nitrogens with one attached hydrogen (secondary N) is 1. The number of carbonyl (C=O) groups excluding carboxylic acids is 2. The van der Waals surface area contributed by atoms with E-state index in [0.717, 1.165) is 30.4 Å². The highest BCUT2D eigenvalue weighted by atomic mass is 32.2. The van der Waals surface area contributed by atoms with Crippen molar-refractivity contribution in [2.75, 3.05) is 34.0 Å². The normalized spacial score (nSPS) is 27.6.